The monoisotopic (exact) mass is 722 g/mol. The number of ether oxygens (including phenoxy) is 4. The summed E-state index contributed by atoms with van der Waals surface area (Å²) in [5.74, 6) is 3.48. The lowest BCUT2D eigenvalue weighted by molar-refractivity contribution is -0.127. The van der Waals surface area contributed by atoms with Gasteiger partial charge in [-0.3, -0.25) is 9.69 Å². The van der Waals surface area contributed by atoms with Crippen molar-refractivity contribution >= 4 is 12.0 Å². The number of nitrogens with zero attached hydrogens (tertiary/aromatic N) is 4. The molecular weight excluding hydrogens is 677 g/mol. The van der Waals surface area contributed by atoms with Crippen molar-refractivity contribution in [2.75, 3.05) is 26.2 Å². The highest BCUT2D eigenvalue weighted by molar-refractivity contribution is 5.92. The molecule has 1 saturated heterocycles. The Balaban J connectivity index is 0.929. The number of carbonyl (C=O) groups is 1. The van der Waals surface area contributed by atoms with Crippen LogP contribution in [-0.4, -0.2) is 53.0 Å². The number of nitriles is 1. The lowest BCUT2D eigenvalue weighted by Crippen LogP contribution is -2.47. The third-order valence-corrected chi connectivity index (χ3v) is 9.02. The highest BCUT2D eigenvalue weighted by Crippen LogP contribution is 2.30. The van der Waals surface area contributed by atoms with Crippen molar-refractivity contribution in [2.45, 2.75) is 53.6 Å². The summed E-state index contributed by atoms with van der Waals surface area (Å²) in [5, 5.41) is 8.97. The molecule has 54 heavy (non-hydrogen) atoms. The molecule has 1 aliphatic heterocycles. The number of rotatable bonds is 14. The summed E-state index contributed by atoms with van der Waals surface area (Å²) in [6.45, 7) is 12.7. The number of pyridine rings is 1. The Morgan fingerprint density at radius 2 is 1.35 bits per heavy atom. The van der Waals surface area contributed by atoms with Gasteiger partial charge in [-0.1, -0.05) is 36.4 Å². The first-order chi connectivity index (χ1) is 26.2. The summed E-state index contributed by atoms with van der Waals surface area (Å²) in [5.41, 5.74) is 6.76. The van der Waals surface area contributed by atoms with Crippen molar-refractivity contribution in [3.05, 3.63) is 148 Å². The molecule has 1 aromatic heterocycles. The molecule has 0 saturated carbocycles. The summed E-state index contributed by atoms with van der Waals surface area (Å²) in [4.78, 5) is 21.8. The maximum atomic E-state index is 13.1. The molecule has 6 rings (SSSR count). The van der Waals surface area contributed by atoms with Crippen molar-refractivity contribution in [3.8, 4) is 34.9 Å². The Bertz CT molecular complexity index is 2040. The largest absolute Gasteiger partial charge is 0.491 e. The van der Waals surface area contributed by atoms with Gasteiger partial charge >= 0.3 is 0 Å². The van der Waals surface area contributed by atoms with E-state index in [0.29, 0.717) is 43.5 Å². The summed E-state index contributed by atoms with van der Waals surface area (Å²) < 4.78 is 23.6. The van der Waals surface area contributed by atoms with Crippen molar-refractivity contribution in [1.82, 2.24) is 14.8 Å². The molecule has 4 aromatic carbocycles. The Labute approximate surface area is 318 Å². The molecule has 9 nitrogen and oxygen atoms in total. The fourth-order valence-electron chi connectivity index (χ4n) is 6.15. The summed E-state index contributed by atoms with van der Waals surface area (Å²) in [6.07, 6.45) is 5.31. The fraction of sp³-hybridized carbons (Fsp3) is 0.267. The third-order valence-electron chi connectivity index (χ3n) is 9.02. The van der Waals surface area contributed by atoms with E-state index in [-0.39, 0.29) is 12.0 Å². The van der Waals surface area contributed by atoms with Crippen LogP contribution in [0.2, 0.25) is 0 Å². The lowest BCUT2D eigenvalue weighted by Gasteiger charge is -2.34. The molecule has 0 unspecified atom stereocenters. The van der Waals surface area contributed by atoms with Crippen LogP contribution in [0, 0.1) is 25.2 Å². The zero-order valence-electron chi connectivity index (χ0n) is 31.3. The minimum Gasteiger partial charge on any atom is -0.491 e. The van der Waals surface area contributed by atoms with Crippen LogP contribution in [0.25, 0.3) is 6.08 Å². The molecule has 276 valence electrons. The molecule has 9 heteroatoms. The summed E-state index contributed by atoms with van der Waals surface area (Å²) in [6, 6.07) is 33.3. The number of piperazine rings is 1. The van der Waals surface area contributed by atoms with Gasteiger partial charge in [-0.15, -0.1) is 0 Å². The molecular formula is C45H46N4O5. The van der Waals surface area contributed by atoms with Gasteiger partial charge in [0.1, 0.15) is 36.2 Å². The molecule has 0 radical (unpaired) electrons. The van der Waals surface area contributed by atoms with E-state index in [1.165, 1.54) is 5.56 Å². The topological polar surface area (TPSA) is 97.2 Å². The average molecular weight is 723 g/mol. The van der Waals surface area contributed by atoms with Gasteiger partial charge in [0.25, 0.3) is 0 Å². The Hall–Kier alpha value is -6.11. The normalized spacial score (nSPS) is 13.1. The maximum Gasteiger partial charge on any atom is 0.246 e. The van der Waals surface area contributed by atoms with E-state index in [0.717, 1.165) is 64.7 Å². The van der Waals surface area contributed by atoms with E-state index in [4.69, 9.17) is 24.2 Å². The Morgan fingerprint density at radius 3 is 1.94 bits per heavy atom. The molecule has 0 aliphatic carbocycles. The van der Waals surface area contributed by atoms with Gasteiger partial charge in [0.05, 0.1) is 23.9 Å². The highest BCUT2D eigenvalue weighted by atomic mass is 16.5. The van der Waals surface area contributed by atoms with Gasteiger partial charge in [-0.05, 0) is 122 Å². The molecule has 0 N–H and O–H groups in total. The molecule has 2 heterocycles. The van der Waals surface area contributed by atoms with Gasteiger partial charge in [0.2, 0.25) is 11.8 Å². The van der Waals surface area contributed by atoms with E-state index in [1.807, 2.05) is 93.3 Å². The first-order valence-electron chi connectivity index (χ1n) is 18.2. The lowest BCUT2D eigenvalue weighted by atomic mass is 10.1. The predicted octanol–water partition coefficient (Wildman–Crippen LogP) is 8.67. The van der Waals surface area contributed by atoms with Gasteiger partial charge in [0.15, 0.2) is 0 Å². The van der Waals surface area contributed by atoms with Crippen LogP contribution in [0.1, 0.15) is 52.8 Å². The van der Waals surface area contributed by atoms with Gasteiger partial charge < -0.3 is 23.8 Å². The zero-order valence-corrected chi connectivity index (χ0v) is 31.3. The number of aryl methyl sites for hydroxylation is 2. The number of benzene rings is 4. The second kappa shape index (κ2) is 18.1. The van der Waals surface area contributed by atoms with Crippen molar-refractivity contribution in [1.29, 1.82) is 5.26 Å². The number of amides is 1. The SMILES string of the molecule is Cc1cc(/C=C/C(=O)N2CCN(Cc3ccc(COc4ccc(OC(C)C)cc4)cc3)CC2)cc(C)c1Oc1ccc(OCc2ccc(C#N)cc2)cn1. The fourth-order valence-corrected chi connectivity index (χ4v) is 6.15. The van der Waals surface area contributed by atoms with Crippen molar-refractivity contribution in [2.24, 2.45) is 0 Å². The first kappa shape index (κ1) is 37.6. The number of hydrogen-bond donors (Lipinski definition) is 0. The minimum atomic E-state index is 0.0161. The summed E-state index contributed by atoms with van der Waals surface area (Å²) in [7, 11) is 0. The van der Waals surface area contributed by atoms with Gasteiger partial charge in [-0.2, -0.15) is 5.26 Å². The molecule has 1 aliphatic rings. The van der Waals surface area contributed by atoms with E-state index in [2.05, 4.69) is 40.2 Å². The molecule has 0 spiro atoms. The van der Waals surface area contributed by atoms with Crippen molar-refractivity contribution in [3.63, 3.8) is 0 Å². The highest BCUT2D eigenvalue weighted by Gasteiger charge is 2.20. The Kier molecular flexibility index (Phi) is 12.6. The minimum absolute atomic E-state index is 0.0161. The van der Waals surface area contributed by atoms with Crippen LogP contribution >= 0.6 is 0 Å². The predicted molar refractivity (Wildman–Crippen MR) is 210 cm³/mol. The third kappa shape index (κ3) is 10.7. The molecule has 1 amide bonds. The summed E-state index contributed by atoms with van der Waals surface area (Å²) >= 11 is 0. The smallest absolute Gasteiger partial charge is 0.246 e. The van der Waals surface area contributed by atoms with Crippen LogP contribution in [0.15, 0.2) is 109 Å². The Morgan fingerprint density at radius 1 is 0.778 bits per heavy atom. The van der Waals surface area contributed by atoms with E-state index < -0.39 is 0 Å². The van der Waals surface area contributed by atoms with Crippen LogP contribution in [0.5, 0.6) is 28.9 Å². The zero-order chi connectivity index (χ0) is 37.9. The van der Waals surface area contributed by atoms with Crippen LogP contribution in [-0.2, 0) is 24.6 Å². The van der Waals surface area contributed by atoms with Crippen LogP contribution < -0.4 is 18.9 Å². The molecule has 5 aromatic rings. The second-order valence-corrected chi connectivity index (χ2v) is 13.7. The maximum absolute atomic E-state index is 13.1. The van der Waals surface area contributed by atoms with E-state index >= 15 is 0 Å². The van der Waals surface area contributed by atoms with Gasteiger partial charge in [-0.25, -0.2) is 4.98 Å². The van der Waals surface area contributed by atoms with Gasteiger partial charge in [0, 0.05) is 44.9 Å². The number of aromatic nitrogens is 1. The molecule has 1 fully saturated rings. The first-order valence-corrected chi connectivity index (χ1v) is 18.2. The molecule has 0 atom stereocenters. The average Bonchev–Trinajstić information content (AvgIpc) is 3.18. The quantitative estimate of drug-likeness (QED) is 0.105. The van der Waals surface area contributed by atoms with Crippen LogP contribution in [0.3, 0.4) is 0 Å². The number of carbonyl (C=O) groups excluding carboxylic acids is 1. The second-order valence-electron chi connectivity index (χ2n) is 13.7. The van der Waals surface area contributed by atoms with E-state index in [1.54, 1.807) is 30.5 Å². The van der Waals surface area contributed by atoms with E-state index in [9.17, 15) is 4.79 Å². The number of hydrogen-bond acceptors (Lipinski definition) is 8. The standard InChI is InChI=1S/C45H46N4O5/c1-32(2)53-41-16-14-40(15-17-41)51-30-38-11-7-36(8-12-38)29-48-21-23-49(24-22-48)44(50)20-13-39-25-33(3)45(34(4)26-39)54-43-19-18-42(28-47-43)52-31-37-9-5-35(27-46)6-10-37/h5-20,25-26,28,32H,21-24,29-31H2,1-4H3/b20-13+. The van der Waals surface area contributed by atoms with Crippen molar-refractivity contribution < 1.29 is 23.7 Å². The molecule has 0 bridgehead atoms. The van der Waals surface area contributed by atoms with Crippen LogP contribution in [0.4, 0.5) is 0 Å².